The van der Waals surface area contributed by atoms with Gasteiger partial charge in [-0.2, -0.15) is 0 Å². The first kappa shape index (κ1) is 19.1. The summed E-state index contributed by atoms with van der Waals surface area (Å²) in [4.78, 5) is 16.7. The van der Waals surface area contributed by atoms with Crippen LogP contribution in [0.15, 0.2) is 30.5 Å². The lowest BCUT2D eigenvalue weighted by Crippen LogP contribution is -2.14. The smallest absolute Gasteiger partial charge is 0.257 e. The van der Waals surface area contributed by atoms with Crippen LogP contribution in [0.2, 0.25) is 5.02 Å². The number of hydrogen-bond donors (Lipinski definition) is 2. The predicted molar refractivity (Wildman–Crippen MR) is 103 cm³/mol. The van der Waals surface area contributed by atoms with Crippen LogP contribution in [0, 0.1) is 12.8 Å². The van der Waals surface area contributed by atoms with Gasteiger partial charge in [-0.15, -0.1) is 0 Å². The molecule has 0 unspecified atom stereocenters. The summed E-state index contributed by atoms with van der Waals surface area (Å²) in [5.41, 5.74) is 1.91. The molecule has 0 spiro atoms. The summed E-state index contributed by atoms with van der Waals surface area (Å²) < 4.78 is 5.28. The van der Waals surface area contributed by atoms with E-state index in [0.717, 1.165) is 24.3 Å². The normalized spacial score (nSPS) is 10.6. The van der Waals surface area contributed by atoms with Crippen molar-refractivity contribution in [1.29, 1.82) is 0 Å². The third kappa shape index (κ3) is 5.36. The first-order chi connectivity index (χ1) is 11.9. The average molecular weight is 362 g/mol. The van der Waals surface area contributed by atoms with Crippen LogP contribution in [-0.2, 0) is 0 Å². The van der Waals surface area contributed by atoms with E-state index >= 15 is 0 Å². The molecule has 134 valence electrons. The van der Waals surface area contributed by atoms with Crippen LogP contribution in [0.25, 0.3) is 0 Å². The largest absolute Gasteiger partial charge is 0.495 e. The second-order valence-electron chi connectivity index (χ2n) is 6.30. The highest BCUT2D eigenvalue weighted by atomic mass is 35.5. The Hall–Kier alpha value is -2.27. The molecule has 1 amide bonds. The maximum atomic E-state index is 12.4. The summed E-state index contributed by atoms with van der Waals surface area (Å²) in [6.07, 6.45) is 2.63. The number of methoxy groups -OCH3 is 1. The number of nitrogens with zero attached hydrogens (tertiary/aromatic N) is 1. The van der Waals surface area contributed by atoms with Crippen LogP contribution in [-0.4, -0.2) is 24.5 Å². The van der Waals surface area contributed by atoms with E-state index in [-0.39, 0.29) is 5.91 Å². The zero-order valence-corrected chi connectivity index (χ0v) is 15.8. The van der Waals surface area contributed by atoms with Gasteiger partial charge in [-0.3, -0.25) is 4.79 Å². The molecule has 2 rings (SSSR count). The van der Waals surface area contributed by atoms with Crippen molar-refractivity contribution in [1.82, 2.24) is 4.98 Å². The molecule has 0 aliphatic rings. The fraction of sp³-hybridized carbons (Fsp3) is 0.368. The van der Waals surface area contributed by atoms with Crippen LogP contribution in [0.4, 0.5) is 11.5 Å². The number of carbonyl (C=O) groups excluding carboxylic acids is 1. The molecule has 0 saturated carbocycles. The minimum Gasteiger partial charge on any atom is -0.495 e. The summed E-state index contributed by atoms with van der Waals surface area (Å²) in [6.45, 7) is 7.08. The number of amides is 1. The van der Waals surface area contributed by atoms with Crippen LogP contribution < -0.4 is 15.4 Å². The number of rotatable bonds is 7. The second kappa shape index (κ2) is 8.72. The van der Waals surface area contributed by atoms with Gasteiger partial charge >= 0.3 is 0 Å². The lowest BCUT2D eigenvalue weighted by molar-refractivity contribution is 0.102. The van der Waals surface area contributed by atoms with Crippen molar-refractivity contribution in [2.75, 3.05) is 24.3 Å². The van der Waals surface area contributed by atoms with E-state index in [1.807, 2.05) is 6.92 Å². The van der Waals surface area contributed by atoms with Crippen LogP contribution >= 0.6 is 11.6 Å². The molecular formula is C19H24ClN3O2. The van der Waals surface area contributed by atoms with Gasteiger partial charge in [-0.25, -0.2) is 4.98 Å². The molecule has 0 aliphatic carbocycles. The number of aryl methyl sites for hydroxylation is 1. The van der Waals surface area contributed by atoms with Crippen molar-refractivity contribution < 1.29 is 9.53 Å². The van der Waals surface area contributed by atoms with E-state index in [4.69, 9.17) is 16.3 Å². The first-order valence-electron chi connectivity index (χ1n) is 8.26. The van der Waals surface area contributed by atoms with Crippen LogP contribution in [0.3, 0.4) is 0 Å². The molecule has 0 radical (unpaired) electrons. The Balaban J connectivity index is 2.05. The summed E-state index contributed by atoms with van der Waals surface area (Å²) in [5.74, 6) is 1.66. The number of ether oxygens (including phenoxy) is 1. The molecule has 0 aliphatic heterocycles. The topological polar surface area (TPSA) is 63.2 Å². The van der Waals surface area contributed by atoms with Gasteiger partial charge in [0.05, 0.1) is 18.4 Å². The lowest BCUT2D eigenvalue weighted by Gasteiger charge is -2.12. The van der Waals surface area contributed by atoms with Crippen LogP contribution in [0.1, 0.15) is 36.2 Å². The Morgan fingerprint density at radius 2 is 2.08 bits per heavy atom. The Kier molecular flexibility index (Phi) is 6.65. The predicted octanol–water partition coefficient (Wildman–Crippen LogP) is 4.76. The Morgan fingerprint density at radius 3 is 2.68 bits per heavy atom. The van der Waals surface area contributed by atoms with Gasteiger partial charge in [0.15, 0.2) is 0 Å². The number of carbonyl (C=O) groups is 1. The second-order valence-corrected chi connectivity index (χ2v) is 6.70. The summed E-state index contributed by atoms with van der Waals surface area (Å²) in [5, 5.41) is 6.68. The summed E-state index contributed by atoms with van der Waals surface area (Å²) in [7, 11) is 1.54. The molecule has 0 bridgehead atoms. The van der Waals surface area contributed by atoms with Crippen molar-refractivity contribution in [3.63, 3.8) is 0 Å². The van der Waals surface area contributed by atoms with Crippen molar-refractivity contribution in [2.45, 2.75) is 27.2 Å². The van der Waals surface area contributed by atoms with Gasteiger partial charge in [0.25, 0.3) is 5.91 Å². The lowest BCUT2D eigenvalue weighted by atomic mass is 10.1. The standard InChI is InChI=1S/C19H24ClN3O2/c1-12(2)7-8-21-18-6-5-14(11-22-18)19(24)23-16-9-13(3)15(20)10-17(16)25-4/h5-6,9-12H,7-8H2,1-4H3,(H,21,22)(H,23,24). The van der Waals surface area contributed by atoms with Crippen LogP contribution in [0.5, 0.6) is 5.75 Å². The molecule has 2 aromatic rings. The number of anilines is 2. The highest BCUT2D eigenvalue weighted by Crippen LogP contribution is 2.31. The quantitative estimate of drug-likeness (QED) is 0.746. The van der Waals surface area contributed by atoms with Gasteiger partial charge in [0.1, 0.15) is 11.6 Å². The molecule has 5 nitrogen and oxygen atoms in total. The number of pyridine rings is 1. The third-order valence-corrected chi connectivity index (χ3v) is 4.19. The van der Waals surface area contributed by atoms with Crippen molar-refractivity contribution in [2.24, 2.45) is 5.92 Å². The zero-order chi connectivity index (χ0) is 18.4. The maximum Gasteiger partial charge on any atom is 0.257 e. The average Bonchev–Trinajstić information content (AvgIpc) is 2.58. The zero-order valence-electron chi connectivity index (χ0n) is 15.0. The molecular weight excluding hydrogens is 338 g/mol. The number of nitrogens with one attached hydrogen (secondary N) is 2. The fourth-order valence-electron chi connectivity index (χ4n) is 2.25. The molecule has 1 aromatic carbocycles. The van der Waals surface area contributed by atoms with Crippen molar-refractivity contribution >= 4 is 29.0 Å². The number of benzene rings is 1. The first-order valence-corrected chi connectivity index (χ1v) is 8.64. The molecule has 6 heteroatoms. The monoisotopic (exact) mass is 361 g/mol. The van der Waals surface area contributed by atoms with Gasteiger partial charge in [0, 0.05) is 23.8 Å². The molecule has 1 heterocycles. The van der Waals surface area contributed by atoms with Gasteiger partial charge < -0.3 is 15.4 Å². The molecule has 0 fully saturated rings. The number of hydrogen-bond acceptors (Lipinski definition) is 4. The third-order valence-electron chi connectivity index (χ3n) is 3.78. The molecule has 0 saturated heterocycles. The summed E-state index contributed by atoms with van der Waals surface area (Å²) >= 11 is 6.09. The van der Waals surface area contributed by atoms with Crippen molar-refractivity contribution in [3.05, 3.63) is 46.6 Å². The highest BCUT2D eigenvalue weighted by Gasteiger charge is 2.12. The number of halogens is 1. The maximum absolute atomic E-state index is 12.4. The molecule has 1 aromatic heterocycles. The Labute approximate surface area is 153 Å². The molecule has 0 atom stereocenters. The van der Waals surface area contributed by atoms with Crippen molar-refractivity contribution in [3.8, 4) is 5.75 Å². The summed E-state index contributed by atoms with van der Waals surface area (Å²) in [6, 6.07) is 7.02. The number of aromatic nitrogens is 1. The van der Waals surface area contributed by atoms with E-state index in [9.17, 15) is 4.79 Å². The van der Waals surface area contributed by atoms with E-state index in [1.54, 1.807) is 30.5 Å². The minimum atomic E-state index is -0.249. The fourth-order valence-corrected chi connectivity index (χ4v) is 2.40. The van der Waals surface area contributed by atoms with E-state index < -0.39 is 0 Å². The van der Waals surface area contributed by atoms with E-state index in [1.165, 1.54) is 7.11 Å². The molecule has 2 N–H and O–H groups in total. The van der Waals surface area contributed by atoms with E-state index in [0.29, 0.717) is 27.9 Å². The van der Waals surface area contributed by atoms with Gasteiger partial charge in [0.2, 0.25) is 0 Å². The Morgan fingerprint density at radius 1 is 1.32 bits per heavy atom. The van der Waals surface area contributed by atoms with Gasteiger partial charge in [-0.05, 0) is 43.0 Å². The van der Waals surface area contributed by atoms with E-state index in [2.05, 4.69) is 29.5 Å². The Bertz CT molecular complexity index is 730. The highest BCUT2D eigenvalue weighted by molar-refractivity contribution is 6.31. The SMILES string of the molecule is COc1cc(Cl)c(C)cc1NC(=O)c1ccc(NCCC(C)C)nc1. The van der Waals surface area contributed by atoms with Gasteiger partial charge in [-0.1, -0.05) is 25.4 Å². The molecule has 25 heavy (non-hydrogen) atoms. The minimum absolute atomic E-state index is 0.249.